The highest BCUT2D eigenvalue weighted by molar-refractivity contribution is 7.99. The van der Waals surface area contributed by atoms with Gasteiger partial charge in [-0.1, -0.05) is 74.0 Å². The molecule has 1 heterocycles. The zero-order valence-corrected chi connectivity index (χ0v) is 19.6. The molecular weight excluding hydrogens is 434 g/mol. The first kappa shape index (κ1) is 21.5. The number of benzene rings is 3. The molecule has 0 saturated heterocycles. The maximum atomic E-state index is 12.8. The third-order valence-electron chi connectivity index (χ3n) is 6.42. The summed E-state index contributed by atoms with van der Waals surface area (Å²) in [5.41, 5.74) is 5.57. The van der Waals surface area contributed by atoms with Crippen molar-refractivity contribution in [2.75, 3.05) is 0 Å². The molecule has 2 aliphatic rings. The van der Waals surface area contributed by atoms with Crippen LogP contribution < -0.4 is 4.72 Å². The van der Waals surface area contributed by atoms with Gasteiger partial charge in [-0.2, -0.15) is 0 Å². The molecular formula is C27H27NO2S2. The fraction of sp³-hybridized carbons (Fsp3) is 0.259. The van der Waals surface area contributed by atoms with E-state index < -0.39 is 10.0 Å². The van der Waals surface area contributed by atoms with Crippen LogP contribution in [0.1, 0.15) is 54.4 Å². The quantitative estimate of drug-likeness (QED) is 0.373. The molecule has 5 heteroatoms. The maximum absolute atomic E-state index is 12.8. The highest BCUT2D eigenvalue weighted by atomic mass is 32.2. The van der Waals surface area contributed by atoms with Crippen molar-refractivity contribution in [3.05, 3.63) is 95.6 Å². The second-order valence-electron chi connectivity index (χ2n) is 8.67. The molecule has 32 heavy (non-hydrogen) atoms. The molecule has 0 bridgehead atoms. The number of rotatable bonds is 5. The second-order valence-corrected chi connectivity index (χ2v) is 11.5. The molecule has 5 rings (SSSR count). The third-order valence-corrected chi connectivity index (χ3v) is 9.20. The smallest absolute Gasteiger partial charge is 0.208 e. The average Bonchev–Trinajstić information content (AvgIpc) is 2.82. The van der Waals surface area contributed by atoms with Crippen LogP contribution in [0.15, 0.2) is 88.0 Å². The van der Waals surface area contributed by atoms with Gasteiger partial charge >= 0.3 is 0 Å². The Bertz CT molecular complexity index is 1260. The fourth-order valence-electron chi connectivity index (χ4n) is 4.59. The van der Waals surface area contributed by atoms with E-state index in [1.165, 1.54) is 27.3 Å². The number of fused-ring (bicyclic) bond motifs is 2. The normalized spacial score (nSPS) is 16.2. The van der Waals surface area contributed by atoms with Crippen LogP contribution in [-0.2, 0) is 16.4 Å². The summed E-state index contributed by atoms with van der Waals surface area (Å²) in [7, 11) is -3.49. The average molecular weight is 462 g/mol. The molecule has 1 aliphatic carbocycles. The molecule has 3 nitrogen and oxygen atoms in total. The standard InChI is InChI=1S/C27H27NO2S2/c1-19(21-13-16-27-23(17-21)18-22-7-5-6-10-26(22)31-27)20-11-14-25(15-12-20)32(29,30)28-24-8-3-2-4-9-24/h5-7,10-17,24,28H,1-4,8-9,18H2. The molecule has 0 unspecified atom stereocenters. The topological polar surface area (TPSA) is 46.2 Å². The van der Waals surface area contributed by atoms with Gasteiger partial charge in [-0.05, 0) is 77.4 Å². The first-order valence-corrected chi connectivity index (χ1v) is 13.5. The van der Waals surface area contributed by atoms with Crippen LogP contribution in [0.4, 0.5) is 0 Å². The van der Waals surface area contributed by atoms with E-state index in [-0.39, 0.29) is 6.04 Å². The van der Waals surface area contributed by atoms with Gasteiger partial charge in [-0.25, -0.2) is 13.1 Å². The summed E-state index contributed by atoms with van der Waals surface area (Å²) < 4.78 is 28.4. The van der Waals surface area contributed by atoms with E-state index >= 15 is 0 Å². The van der Waals surface area contributed by atoms with Crippen LogP contribution in [0.2, 0.25) is 0 Å². The molecule has 1 aliphatic heterocycles. The molecule has 3 aromatic rings. The lowest BCUT2D eigenvalue weighted by molar-refractivity contribution is 0.412. The molecule has 1 fully saturated rings. The van der Waals surface area contributed by atoms with Crippen molar-refractivity contribution in [2.45, 2.75) is 59.3 Å². The van der Waals surface area contributed by atoms with Gasteiger partial charge in [0.2, 0.25) is 10.0 Å². The van der Waals surface area contributed by atoms with E-state index in [2.05, 4.69) is 53.8 Å². The Morgan fingerprint density at radius 1 is 0.844 bits per heavy atom. The summed E-state index contributed by atoms with van der Waals surface area (Å²) in [5.74, 6) is 0. The first-order chi connectivity index (χ1) is 15.5. The zero-order valence-electron chi connectivity index (χ0n) is 18.0. The van der Waals surface area contributed by atoms with E-state index in [9.17, 15) is 8.42 Å². The summed E-state index contributed by atoms with van der Waals surface area (Å²) >= 11 is 1.81. The summed E-state index contributed by atoms with van der Waals surface area (Å²) in [6.07, 6.45) is 6.16. The van der Waals surface area contributed by atoms with Crippen LogP contribution in [0.25, 0.3) is 5.57 Å². The van der Waals surface area contributed by atoms with E-state index in [1.54, 1.807) is 12.1 Å². The Morgan fingerprint density at radius 3 is 2.31 bits per heavy atom. The Balaban J connectivity index is 1.33. The lowest BCUT2D eigenvalue weighted by Gasteiger charge is -2.22. The van der Waals surface area contributed by atoms with Crippen molar-refractivity contribution in [2.24, 2.45) is 0 Å². The summed E-state index contributed by atoms with van der Waals surface area (Å²) in [6.45, 7) is 4.30. The Labute approximate surface area is 195 Å². The van der Waals surface area contributed by atoms with Gasteiger partial charge in [0.25, 0.3) is 0 Å². The monoisotopic (exact) mass is 461 g/mol. The highest BCUT2D eigenvalue weighted by Gasteiger charge is 2.22. The number of sulfonamides is 1. The van der Waals surface area contributed by atoms with Gasteiger partial charge < -0.3 is 0 Å². The van der Waals surface area contributed by atoms with Crippen LogP contribution in [0, 0.1) is 0 Å². The summed E-state index contributed by atoms with van der Waals surface area (Å²) in [4.78, 5) is 2.93. The van der Waals surface area contributed by atoms with Gasteiger partial charge in [0.1, 0.15) is 0 Å². The second kappa shape index (κ2) is 8.89. The molecule has 3 aromatic carbocycles. The predicted octanol–water partition coefficient (Wildman–Crippen LogP) is 6.41. The zero-order chi connectivity index (χ0) is 22.1. The van der Waals surface area contributed by atoms with Crippen LogP contribution in [0.3, 0.4) is 0 Å². The Kier molecular flexibility index (Phi) is 5.97. The van der Waals surface area contributed by atoms with Crippen molar-refractivity contribution in [3.8, 4) is 0 Å². The van der Waals surface area contributed by atoms with Crippen molar-refractivity contribution in [1.82, 2.24) is 4.72 Å². The van der Waals surface area contributed by atoms with E-state index in [4.69, 9.17) is 0 Å². The lowest BCUT2D eigenvalue weighted by atomic mass is 9.95. The third kappa shape index (κ3) is 4.42. The lowest BCUT2D eigenvalue weighted by Crippen LogP contribution is -2.36. The van der Waals surface area contributed by atoms with Gasteiger partial charge in [0, 0.05) is 15.8 Å². The minimum atomic E-state index is -3.49. The van der Waals surface area contributed by atoms with Crippen LogP contribution in [0.5, 0.6) is 0 Å². The minimum Gasteiger partial charge on any atom is -0.208 e. The Morgan fingerprint density at radius 2 is 1.53 bits per heavy atom. The number of nitrogens with one attached hydrogen (secondary N) is 1. The predicted molar refractivity (Wildman–Crippen MR) is 132 cm³/mol. The van der Waals surface area contributed by atoms with Crippen molar-refractivity contribution >= 4 is 27.4 Å². The molecule has 0 aromatic heterocycles. The van der Waals surface area contributed by atoms with E-state index in [1.807, 2.05) is 23.9 Å². The Hall–Kier alpha value is -2.34. The number of hydrogen-bond acceptors (Lipinski definition) is 3. The number of hydrogen-bond donors (Lipinski definition) is 1. The fourth-order valence-corrected chi connectivity index (χ4v) is 6.95. The largest absolute Gasteiger partial charge is 0.240 e. The molecule has 0 radical (unpaired) electrons. The summed E-state index contributed by atoms with van der Waals surface area (Å²) in [6, 6.07) is 22.2. The summed E-state index contributed by atoms with van der Waals surface area (Å²) in [5, 5.41) is 0. The first-order valence-electron chi connectivity index (χ1n) is 11.2. The molecule has 164 valence electrons. The van der Waals surface area contributed by atoms with E-state index in [0.717, 1.165) is 48.8 Å². The molecule has 1 N–H and O–H groups in total. The highest BCUT2D eigenvalue weighted by Crippen LogP contribution is 2.40. The van der Waals surface area contributed by atoms with Gasteiger partial charge in [-0.3, -0.25) is 0 Å². The molecule has 1 saturated carbocycles. The minimum absolute atomic E-state index is 0.0573. The van der Waals surface area contributed by atoms with Crippen LogP contribution >= 0.6 is 11.8 Å². The van der Waals surface area contributed by atoms with Gasteiger partial charge in [-0.15, -0.1) is 0 Å². The van der Waals surface area contributed by atoms with Gasteiger partial charge in [0.15, 0.2) is 0 Å². The van der Waals surface area contributed by atoms with Crippen molar-refractivity contribution < 1.29 is 8.42 Å². The SMILES string of the molecule is C=C(c1ccc(S(=O)(=O)NC2CCCCC2)cc1)c1ccc2c(c1)Cc1ccccc1S2. The van der Waals surface area contributed by atoms with Crippen molar-refractivity contribution in [1.29, 1.82) is 0 Å². The van der Waals surface area contributed by atoms with E-state index in [0.29, 0.717) is 4.90 Å². The molecule has 0 atom stereocenters. The van der Waals surface area contributed by atoms with Crippen LogP contribution in [-0.4, -0.2) is 14.5 Å². The molecule has 0 amide bonds. The van der Waals surface area contributed by atoms with Crippen molar-refractivity contribution in [3.63, 3.8) is 0 Å². The van der Waals surface area contributed by atoms with Gasteiger partial charge in [0.05, 0.1) is 4.90 Å². The maximum Gasteiger partial charge on any atom is 0.240 e. The molecule has 0 spiro atoms.